The van der Waals surface area contributed by atoms with Gasteiger partial charge in [-0.25, -0.2) is 0 Å². The third-order valence-corrected chi connectivity index (χ3v) is 2.24. The molecule has 0 aliphatic heterocycles. The predicted molar refractivity (Wildman–Crippen MR) is 27.6 cm³/mol. The quantitative estimate of drug-likeness (QED) is 0.377. The Kier molecular flexibility index (Phi) is 4.15. The summed E-state index contributed by atoms with van der Waals surface area (Å²) in [5.74, 6) is 2.09. The first-order chi connectivity index (χ1) is 1.91. The summed E-state index contributed by atoms with van der Waals surface area (Å²) < 4.78 is 2.21. The molecule has 2 heteroatoms. The Morgan fingerprint density at radius 2 is 2.00 bits per heavy atom. The van der Waals surface area contributed by atoms with E-state index in [1.54, 1.807) is 0 Å². The van der Waals surface area contributed by atoms with Gasteiger partial charge in [0.25, 0.3) is 0 Å². The van der Waals surface area contributed by atoms with Gasteiger partial charge in [0.15, 0.2) is 0 Å². The predicted octanol–water partition coefficient (Wildman–Crippen LogP) is -1.54. The summed E-state index contributed by atoms with van der Waals surface area (Å²) in [6.07, 6.45) is 0. The Balaban J connectivity index is 2.55. The van der Waals surface area contributed by atoms with Gasteiger partial charge in [0.2, 0.25) is 0 Å². The molecule has 0 fully saturated rings. The van der Waals surface area contributed by atoms with Crippen LogP contribution >= 0.6 is 0 Å². The van der Waals surface area contributed by atoms with Gasteiger partial charge < -0.3 is 0 Å². The van der Waals surface area contributed by atoms with E-state index in [-0.39, 0.29) is 0 Å². The average molecular weight is 161 g/mol. The van der Waals surface area contributed by atoms with Crippen LogP contribution in [0.3, 0.4) is 0 Å². The molecule has 0 aliphatic carbocycles. The van der Waals surface area contributed by atoms with Crippen LogP contribution in [0.25, 0.3) is 0 Å². The van der Waals surface area contributed by atoms with Gasteiger partial charge in [0.1, 0.15) is 0 Å². The molecule has 0 nitrogen and oxygen atoms in total. The zero-order chi connectivity index (χ0) is 3.41. The Morgan fingerprint density at radius 1 is 1.75 bits per heavy atom. The van der Waals surface area contributed by atoms with Crippen molar-refractivity contribution >= 4 is 30.4 Å². The van der Waals surface area contributed by atoms with Crippen molar-refractivity contribution < 1.29 is 0 Å². The van der Waals surface area contributed by atoms with Crippen molar-refractivity contribution in [1.29, 1.82) is 0 Å². The van der Waals surface area contributed by atoms with Crippen LogP contribution in [0.2, 0.25) is 0 Å². The summed E-state index contributed by atoms with van der Waals surface area (Å²) in [6.45, 7) is 0. The molecule has 0 rings (SSSR count). The SMILES string of the molecule is B/C=[CH]/[SnH3]. The van der Waals surface area contributed by atoms with E-state index in [1.165, 1.54) is 0 Å². The fourth-order valence-corrected chi connectivity index (χ4v) is 0. The van der Waals surface area contributed by atoms with Crippen molar-refractivity contribution in [2.45, 2.75) is 0 Å². The fraction of sp³-hybridized carbons (Fsp3) is 0. The minimum absolute atomic E-state index is 0.804. The van der Waals surface area contributed by atoms with Crippen molar-refractivity contribution in [3.8, 4) is 0 Å². The minimum atomic E-state index is 0.804. The molecule has 0 saturated carbocycles. The third-order valence-electron chi connectivity index (χ3n) is 0.333. The second-order valence-electron chi connectivity index (χ2n) is 0.667. The van der Waals surface area contributed by atoms with Crippen molar-refractivity contribution in [1.82, 2.24) is 0 Å². The Morgan fingerprint density at radius 3 is 2.00 bits per heavy atom. The molecule has 22 valence electrons. The summed E-state index contributed by atoms with van der Waals surface area (Å²) in [6, 6.07) is 0. The first-order valence-electron chi connectivity index (χ1n) is 1.49. The van der Waals surface area contributed by atoms with Gasteiger partial charge in [0.05, 0.1) is 0 Å². The van der Waals surface area contributed by atoms with Gasteiger partial charge in [-0.15, -0.1) is 0 Å². The second kappa shape index (κ2) is 3.60. The van der Waals surface area contributed by atoms with Crippen LogP contribution < -0.4 is 0 Å². The van der Waals surface area contributed by atoms with Gasteiger partial charge in [-0.3, -0.25) is 0 Å². The van der Waals surface area contributed by atoms with Gasteiger partial charge in [0, 0.05) is 0 Å². The van der Waals surface area contributed by atoms with E-state index in [0.29, 0.717) is 0 Å². The zero-order valence-corrected chi connectivity index (χ0v) is 8.86. The molecule has 0 spiro atoms. The first-order valence-corrected chi connectivity index (χ1v) is 4.78. The molecule has 0 N–H and O–H groups in total. The molecule has 0 bridgehead atoms. The van der Waals surface area contributed by atoms with Crippen LogP contribution in [0.4, 0.5) is 0 Å². The summed E-state index contributed by atoms with van der Waals surface area (Å²) in [5.41, 5.74) is 0. The number of hydrogen-bond donors (Lipinski definition) is 0. The van der Waals surface area contributed by atoms with E-state index < -0.39 is 0 Å². The van der Waals surface area contributed by atoms with Crippen molar-refractivity contribution in [2.24, 2.45) is 0 Å². The summed E-state index contributed by atoms with van der Waals surface area (Å²) >= 11 is 0.804. The van der Waals surface area contributed by atoms with Gasteiger partial charge in [-0.2, -0.15) is 0 Å². The van der Waals surface area contributed by atoms with Crippen LogP contribution in [0, 0.1) is 0 Å². The molecular formula is C2H7BSn. The molecule has 0 saturated heterocycles. The molecular weight excluding hydrogens is 154 g/mol. The molecule has 0 aliphatic rings. The molecule has 0 unspecified atom stereocenters. The van der Waals surface area contributed by atoms with Crippen LogP contribution in [0.15, 0.2) is 10.1 Å². The Labute approximate surface area is 40.8 Å². The van der Waals surface area contributed by atoms with Crippen LogP contribution in [0.5, 0.6) is 0 Å². The molecule has 0 amide bonds. The van der Waals surface area contributed by atoms with Gasteiger partial charge >= 0.3 is 40.4 Å². The van der Waals surface area contributed by atoms with E-state index in [2.05, 4.69) is 17.9 Å². The standard InChI is InChI=1S/C2H4B.Sn.3H/c1-2-3;;;;/h1-2H,3H2;;;;. The summed E-state index contributed by atoms with van der Waals surface area (Å²) in [5, 5.41) is 0. The molecule has 0 heterocycles. The summed E-state index contributed by atoms with van der Waals surface area (Å²) in [7, 11) is 2.05. The second-order valence-corrected chi connectivity index (χ2v) is 2.57. The van der Waals surface area contributed by atoms with E-state index in [9.17, 15) is 0 Å². The first kappa shape index (κ1) is 4.60. The third kappa shape index (κ3) is 2.60. The maximum absolute atomic E-state index is 2.21. The normalized spacial score (nSPS) is 10.0. The van der Waals surface area contributed by atoms with E-state index in [1.807, 2.05) is 0 Å². The van der Waals surface area contributed by atoms with E-state index >= 15 is 0 Å². The topological polar surface area (TPSA) is 0 Å². The zero-order valence-electron chi connectivity index (χ0n) is 3.15. The molecule has 0 atom stereocenters. The van der Waals surface area contributed by atoms with Crippen molar-refractivity contribution in [3.05, 3.63) is 10.1 Å². The molecule has 4 heavy (non-hydrogen) atoms. The Bertz CT molecular complexity index is 21.2. The monoisotopic (exact) mass is 162 g/mol. The average Bonchev–Trinajstić information content (AvgIpc) is 1.37. The maximum atomic E-state index is 2.21. The molecule has 0 radical (unpaired) electrons. The number of rotatable bonds is 0. The molecule has 0 aromatic heterocycles. The molecule has 0 aromatic rings. The van der Waals surface area contributed by atoms with Crippen LogP contribution in [-0.2, 0) is 0 Å². The van der Waals surface area contributed by atoms with Crippen LogP contribution in [0.1, 0.15) is 0 Å². The summed E-state index contributed by atoms with van der Waals surface area (Å²) in [4.78, 5) is 0. The number of hydrogen-bond acceptors (Lipinski definition) is 0. The van der Waals surface area contributed by atoms with Crippen LogP contribution in [-0.4, -0.2) is 30.4 Å². The molecule has 0 aromatic carbocycles. The fourth-order valence-electron chi connectivity index (χ4n) is 0. The van der Waals surface area contributed by atoms with Crippen molar-refractivity contribution in [3.63, 3.8) is 0 Å². The van der Waals surface area contributed by atoms with Gasteiger partial charge in [-0.1, -0.05) is 0 Å². The van der Waals surface area contributed by atoms with Gasteiger partial charge in [-0.05, 0) is 0 Å². The van der Waals surface area contributed by atoms with E-state index in [4.69, 9.17) is 0 Å². The Hall–Kier alpha value is 0.604. The van der Waals surface area contributed by atoms with Crippen molar-refractivity contribution in [2.75, 3.05) is 0 Å². The van der Waals surface area contributed by atoms with E-state index in [0.717, 1.165) is 22.5 Å².